The van der Waals surface area contributed by atoms with E-state index in [1.54, 1.807) is 15.1 Å². The van der Waals surface area contributed by atoms with E-state index in [0.717, 1.165) is 10.5 Å². The molecule has 0 spiro atoms. The summed E-state index contributed by atoms with van der Waals surface area (Å²) in [6.07, 6.45) is -0.310. The van der Waals surface area contributed by atoms with Crippen molar-refractivity contribution in [2.24, 2.45) is 0 Å². The topological polar surface area (TPSA) is 29.5 Å². The Morgan fingerprint density at radius 3 is 2.29 bits per heavy atom. The average molecular weight is 319 g/mol. The van der Waals surface area contributed by atoms with Crippen LogP contribution in [0.4, 0.5) is 4.79 Å². The molecule has 0 atom stereocenters. The molecule has 2 aromatic rings. The summed E-state index contributed by atoms with van der Waals surface area (Å²) in [5, 5.41) is 0. The van der Waals surface area contributed by atoms with Gasteiger partial charge in [-0.3, -0.25) is 0 Å². The van der Waals surface area contributed by atoms with Crippen molar-refractivity contribution < 1.29 is 9.53 Å². The largest absolute Gasteiger partial charge is 0.444 e. The quantitative estimate of drug-likeness (QED) is 0.553. The number of hydrogen-bond acceptors (Lipinski definition) is 4. The molecular weight excluding hydrogens is 302 g/mol. The first-order valence-corrected chi connectivity index (χ1v) is 8.78. The molecule has 0 aliphatic heterocycles. The van der Waals surface area contributed by atoms with Gasteiger partial charge < -0.3 is 4.74 Å². The number of carbonyl (C=O) groups is 1. The molecule has 3 nitrogen and oxygen atoms in total. The molecule has 0 unspecified atom stereocenters. The molecule has 0 aliphatic rings. The van der Waals surface area contributed by atoms with E-state index >= 15 is 0 Å². The fraction of sp³-hybridized carbons (Fsp3) is 0.188. The van der Waals surface area contributed by atoms with Crippen molar-refractivity contribution in [2.75, 3.05) is 6.54 Å². The molecule has 0 aliphatic carbocycles. The van der Waals surface area contributed by atoms with E-state index in [-0.39, 0.29) is 6.09 Å². The molecule has 0 radical (unpaired) electrons. The average Bonchev–Trinajstić information content (AvgIpc) is 2.55. The lowest BCUT2D eigenvalue weighted by molar-refractivity contribution is 0.123. The number of carbonyl (C=O) groups excluding carboxylic acids is 1. The zero-order chi connectivity index (χ0) is 14.9. The number of rotatable bonds is 6. The van der Waals surface area contributed by atoms with Crippen molar-refractivity contribution in [3.05, 3.63) is 66.2 Å². The second kappa shape index (κ2) is 8.64. The van der Waals surface area contributed by atoms with E-state index in [1.165, 1.54) is 11.0 Å². The van der Waals surface area contributed by atoms with Crippen molar-refractivity contribution in [2.45, 2.75) is 18.4 Å². The Labute approximate surface area is 133 Å². The highest BCUT2D eigenvalue weighted by molar-refractivity contribution is 8.75. The summed E-state index contributed by atoms with van der Waals surface area (Å²) >= 11 is 0. The molecule has 0 N–H and O–H groups in total. The second-order valence-corrected chi connectivity index (χ2v) is 6.38. The molecule has 2 rings (SSSR count). The van der Waals surface area contributed by atoms with Crippen molar-refractivity contribution in [1.29, 1.82) is 0 Å². The number of amides is 1. The van der Waals surface area contributed by atoms with E-state index in [2.05, 4.69) is 0 Å². The third kappa shape index (κ3) is 5.36. The number of nitrogens with zero attached hydrogens (tertiary/aromatic N) is 1. The number of hydrogen-bond donors (Lipinski definition) is 0. The van der Waals surface area contributed by atoms with Crippen LogP contribution in [0.2, 0.25) is 0 Å². The van der Waals surface area contributed by atoms with Gasteiger partial charge in [0, 0.05) is 22.4 Å². The monoisotopic (exact) mass is 319 g/mol. The first-order chi connectivity index (χ1) is 10.3. The van der Waals surface area contributed by atoms with E-state index in [0.29, 0.717) is 13.2 Å². The maximum Gasteiger partial charge on any atom is 0.420 e. The predicted octanol–water partition coefficient (Wildman–Crippen LogP) is 5.00. The van der Waals surface area contributed by atoms with Gasteiger partial charge in [-0.15, -0.1) is 0 Å². The minimum absolute atomic E-state index is 0.298. The fourth-order valence-electron chi connectivity index (χ4n) is 1.57. The Morgan fingerprint density at radius 1 is 1.05 bits per heavy atom. The van der Waals surface area contributed by atoms with Crippen molar-refractivity contribution in [1.82, 2.24) is 4.31 Å². The SMILES string of the molecule is CCN(SSc1ccccc1)C(=O)OCc1ccccc1. The van der Waals surface area contributed by atoms with Gasteiger partial charge in [-0.25, -0.2) is 9.10 Å². The van der Waals surface area contributed by atoms with E-state index in [1.807, 2.05) is 67.6 Å². The Hall–Kier alpha value is -1.59. The van der Waals surface area contributed by atoms with Gasteiger partial charge >= 0.3 is 6.09 Å². The zero-order valence-corrected chi connectivity index (χ0v) is 13.4. The lowest BCUT2D eigenvalue weighted by atomic mass is 10.2. The number of ether oxygens (including phenoxy) is 1. The van der Waals surface area contributed by atoms with Crippen LogP contribution in [0.5, 0.6) is 0 Å². The van der Waals surface area contributed by atoms with Gasteiger partial charge in [-0.2, -0.15) is 0 Å². The van der Waals surface area contributed by atoms with Gasteiger partial charge in [-0.05, 0) is 35.4 Å². The molecule has 2 aromatic carbocycles. The fourth-order valence-corrected chi connectivity index (χ4v) is 3.59. The highest BCUT2D eigenvalue weighted by Crippen LogP contribution is 2.33. The van der Waals surface area contributed by atoms with Crippen LogP contribution >= 0.6 is 21.8 Å². The molecule has 110 valence electrons. The minimum Gasteiger partial charge on any atom is -0.444 e. The molecule has 0 aromatic heterocycles. The highest BCUT2D eigenvalue weighted by atomic mass is 33.1. The van der Waals surface area contributed by atoms with Gasteiger partial charge in [0.05, 0.1) is 0 Å². The van der Waals surface area contributed by atoms with Crippen molar-refractivity contribution in [3.63, 3.8) is 0 Å². The Morgan fingerprint density at radius 2 is 1.67 bits per heavy atom. The molecule has 0 fully saturated rings. The van der Waals surface area contributed by atoms with E-state index in [4.69, 9.17) is 4.74 Å². The van der Waals surface area contributed by atoms with Crippen LogP contribution < -0.4 is 0 Å². The standard InChI is InChI=1S/C16H17NO2S2/c1-2-17(21-20-15-11-7-4-8-12-15)16(18)19-13-14-9-5-3-6-10-14/h3-12H,2,13H2,1H3. The molecular formula is C16H17NO2S2. The summed E-state index contributed by atoms with van der Waals surface area (Å²) in [6, 6.07) is 19.6. The van der Waals surface area contributed by atoms with E-state index < -0.39 is 0 Å². The first-order valence-electron chi connectivity index (χ1n) is 6.67. The molecule has 0 saturated heterocycles. The summed E-state index contributed by atoms with van der Waals surface area (Å²) in [6.45, 7) is 2.83. The number of benzene rings is 2. The van der Waals surface area contributed by atoms with Crippen molar-refractivity contribution in [3.8, 4) is 0 Å². The van der Waals surface area contributed by atoms with Gasteiger partial charge in [-0.1, -0.05) is 48.5 Å². The van der Waals surface area contributed by atoms with Gasteiger partial charge in [0.25, 0.3) is 0 Å². The van der Waals surface area contributed by atoms with E-state index in [9.17, 15) is 4.79 Å². The molecule has 21 heavy (non-hydrogen) atoms. The summed E-state index contributed by atoms with van der Waals surface area (Å²) in [4.78, 5) is 13.1. The van der Waals surface area contributed by atoms with Crippen LogP contribution in [0.1, 0.15) is 12.5 Å². The minimum atomic E-state index is -0.310. The van der Waals surface area contributed by atoms with Crippen LogP contribution in [-0.4, -0.2) is 16.9 Å². The van der Waals surface area contributed by atoms with Crippen molar-refractivity contribution >= 4 is 27.9 Å². The van der Waals surface area contributed by atoms with Crippen LogP contribution in [0, 0.1) is 0 Å². The predicted molar refractivity (Wildman–Crippen MR) is 88.9 cm³/mol. The maximum atomic E-state index is 12.0. The highest BCUT2D eigenvalue weighted by Gasteiger charge is 2.14. The lowest BCUT2D eigenvalue weighted by Crippen LogP contribution is -2.23. The van der Waals surface area contributed by atoms with Crippen LogP contribution in [0.15, 0.2) is 65.6 Å². The Balaban J connectivity index is 1.81. The Kier molecular flexibility index (Phi) is 6.50. The summed E-state index contributed by atoms with van der Waals surface area (Å²) < 4.78 is 6.93. The first kappa shape index (κ1) is 15.8. The summed E-state index contributed by atoms with van der Waals surface area (Å²) in [7, 11) is 2.94. The molecule has 0 saturated carbocycles. The third-order valence-corrected chi connectivity index (χ3v) is 5.13. The smallest absolute Gasteiger partial charge is 0.420 e. The Bertz CT molecular complexity index is 549. The molecule has 1 amide bonds. The van der Waals surface area contributed by atoms with Crippen LogP contribution in [0.3, 0.4) is 0 Å². The van der Waals surface area contributed by atoms with Crippen LogP contribution in [0.25, 0.3) is 0 Å². The van der Waals surface area contributed by atoms with Gasteiger partial charge in [0.15, 0.2) is 0 Å². The summed E-state index contributed by atoms with van der Waals surface area (Å²) in [5.41, 5.74) is 0.989. The summed E-state index contributed by atoms with van der Waals surface area (Å²) in [5.74, 6) is 0. The van der Waals surface area contributed by atoms with Gasteiger partial charge in [0.1, 0.15) is 6.61 Å². The normalized spacial score (nSPS) is 10.1. The third-order valence-electron chi connectivity index (χ3n) is 2.66. The molecule has 0 heterocycles. The molecule has 5 heteroatoms. The lowest BCUT2D eigenvalue weighted by Gasteiger charge is -2.18. The maximum absolute atomic E-state index is 12.0. The second-order valence-electron chi connectivity index (χ2n) is 4.21. The van der Waals surface area contributed by atoms with Crippen LogP contribution in [-0.2, 0) is 11.3 Å². The van der Waals surface area contributed by atoms with Gasteiger partial charge in [0.2, 0.25) is 0 Å². The molecule has 0 bridgehead atoms. The zero-order valence-electron chi connectivity index (χ0n) is 11.8.